The molecule has 1 unspecified atom stereocenters. The Hall–Kier alpha value is -0.430. The molecule has 0 bridgehead atoms. The van der Waals surface area contributed by atoms with Gasteiger partial charge in [0, 0.05) is 28.6 Å². The lowest BCUT2D eigenvalue weighted by Gasteiger charge is -2.17. The van der Waals surface area contributed by atoms with Crippen molar-refractivity contribution >= 4 is 28.5 Å². The Balaban J connectivity index is 2.47. The Labute approximate surface area is 98.3 Å². The van der Waals surface area contributed by atoms with Crippen molar-refractivity contribution in [2.24, 2.45) is 0 Å². The fourth-order valence-corrected chi connectivity index (χ4v) is 1.48. The zero-order valence-corrected chi connectivity index (χ0v) is 10.8. The summed E-state index contributed by atoms with van der Waals surface area (Å²) in [6, 6.07) is 0.352. The van der Waals surface area contributed by atoms with Gasteiger partial charge in [0.15, 0.2) is 0 Å². The lowest BCUT2D eigenvalue weighted by molar-refractivity contribution is 0.391. The van der Waals surface area contributed by atoms with Gasteiger partial charge in [-0.1, -0.05) is 0 Å². The third kappa shape index (κ3) is 4.19. The van der Waals surface area contributed by atoms with Crippen molar-refractivity contribution in [3.8, 4) is 0 Å². The largest absolute Gasteiger partial charge is 0.350 e. The maximum absolute atomic E-state index is 4.18. The highest BCUT2D eigenvalue weighted by Crippen LogP contribution is 2.04. The van der Waals surface area contributed by atoms with Gasteiger partial charge in [-0.25, -0.2) is 9.97 Å². The van der Waals surface area contributed by atoms with E-state index >= 15 is 0 Å². The van der Waals surface area contributed by atoms with Gasteiger partial charge in [0.1, 0.15) is 0 Å². The molecular weight excluding hydrogens is 291 g/mol. The fourth-order valence-electron chi connectivity index (χ4n) is 1.20. The molecule has 14 heavy (non-hydrogen) atoms. The number of likely N-dealkylation sites (N-methyl/N-ethyl adjacent to an activating group) is 1. The van der Waals surface area contributed by atoms with E-state index in [0.29, 0.717) is 12.0 Å². The van der Waals surface area contributed by atoms with Gasteiger partial charge < -0.3 is 10.2 Å². The Bertz CT molecular complexity index is 273. The van der Waals surface area contributed by atoms with Gasteiger partial charge in [-0.05, 0) is 43.6 Å². The van der Waals surface area contributed by atoms with Crippen molar-refractivity contribution in [3.63, 3.8) is 0 Å². The Morgan fingerprint density at radius 2 is 2.00 bits per heavy atom. The molecule has 5 heteroatoms. The summed E-state index contributed by atoms with van der Waals surface area (Å²) in [6.07, 6.45) is 3.61. The molecule has 0 spiro atoms. The van der Waals surface area contributed by atoms with Crippen LogP contribution in [0.1, 0.15) is 6.92 Å². The minimum Gasteiger partial charge on any atom is -0.350 e. The quantitative estimate of drug-likeness (QED) is 0.855. The number of aromatic nitrogens is 2. The van der Waals surface area contributed by atoms with E-state index in [1.54, 1.807) is 12.4 Å². The highest BCUT2D eigenvalue weighted by atomic mass is 127. The summed E-state index contributed by atoms with van der Waals surface area (Å²) < 4.78 is 1.05. The summed E-state index contributed by atoms with van der Waals surface area (Å²) in [4.78, 5) is 10.5. The average Bonchev–Trinajstić information content (AvgIpc) is 2.07. The third-order valence-electron chi connectivity index (χ3n) is 1.63. The van der Waals surface area contributed by atoms with E-state index in [2.05, 4.69) is 49.7 Å². The Morgan fingerprint density at radius 3 is 2.50 bits per heavy atom. The van der Waals surface area contributed by atoms with E-state index in [1.165, 1.54) is 0 Å². The molecule has 0 aromatic carbocycles. The number of nitrogens with one attached hydrogen (secondary N) is 1. The molecular formula is C9H15IN4. The fraction of sp³-hybridized carbons (Fsp3) is 0.556. The van der Waals surface area contributed by atoms with Crippen LogP contribution in [0.15, 0.2) is 12.4 Å². The van der Waals surface area contributed by atoms with Gasteiger partial charge in [-0.15, -0.1) is 0 Å². The lowest BCUT2D eigenvalue weighted by Crippen LogP contribution is -2.30. The third-order valence-corrected chi connectivity index (χ3v) is 2.19. The summed E-state index contributed by atoms with van der Waals surface area (Å²) in [6.45, 7) is 3.08. The van der Waals surface area contributed by atoms with Crippen molar-refractivity contribution in [1.82, 2.24) is 14.9 Å². The number of rotatable bonds is 4. The SMILES string of the molecule is CC(CN(C)C)Nc1ncc(I)cn1. The first-order chi connectivity index (χ1) is 6.58. The molecule has 1 aromatic heterocycles. The minimum absolute atomic E-state index is 0.352. The van der Waals surface area contributed by atoms with Crippen LogP contribution in [-0.4, -0.2) is 41.5 Å². The van der Waals surface area contributed by atoms with E-state index in [1.807, 2.05) is 14.1 Å². The summed E-state index contributed by atoms with van der Waals surface area (Å²) in [5.74, 6) is 0.694. The molecule has 0 aliphatic heterocycles. The maximum Gasteiger partial charge on any atom is 0.222 e. The molecule has 0 saturated carbocycles. The molecule has 0 fully saturated rings. The molecule has 0 aliphatic rings. The second kappa shape index (κ2) is 5.45. The molecule has 1 N–H and O–H groups in total. The van der Waals surface area contributed by atoms with E-state index < -0.39 is 0 Å². The van der Waals surface area contributed by atoms with Crippen molar-refractivity contribution in [2.45, 2.75) is 13.0 Å². The van der Waals surface area contributed by atoms with Crippen LogP contribution in [0.5, 0.6) is 0 Å². The van der Waals surface area contributed by atoms with Crippen LogP contribution < -0.4 is 5.32 Å². The smallest absolute Gasteiger partial charge is 0.222 e. The zero-order chi connectivity index (χ0) is 10.6. The monoisotopic (exact) mass is 306 g/mol. The standard InChI is InChI=1S/C9H15IN4/c1-7(6-14(2)3)13-9-11-4-8(10)5-12-9/h4-5,7H,6H2,1-3H3,(H,11,12,13). The number of nitrogens with zero attached hydrogens (tertiary/aromatic N) is 3. The van der Waals surface area contributed by atoms with Crippen LogP contribution in [0.2, 0.25) is 0 Å². The lowest BCUT2D eigenvalue weighted by atomic mass is 10.3. The highest BCUT2D eigenvalue weighted by Gasteiger charge is 2.04. The van der Waals surface area contributed by atoms with Crippen molar-refractivity contribution < 1.29 is 0 Å². The van der Waals surface area contributed by atoms with Gasteiger partial charge in [-0.3, -0.25) is 0 Å². The summed E-state index contributed by atoms with van der Waals surface area (Å²) in [5, 5.41) is 3.23. The van der Waals surface area contributed by atoms with Crippen molar-refractivity contribution in [1.29, 1.82) is 0 Å². The molecule has 0 amide bonds. The van der Waals surface area contributed by atoms with Gasteiger partial charge >= 0.3 is 0 Å². The predicted molar refractivity (Wildman–Crippen MR) is 66.4 cm³/mol. The molecule has 1 atom stereocenters. The zero-order valence-electron chi connectivity index (χ0n) is 8.66. The molecule has 0 radical (unpaired) electrons. The van der Waals surface area contributed by atoms with Crippen LogP contribution in [-0.2, 0) is 0 Å². The first-order valence-corrected chi connectivity index (χ1v) is 5.54. The van der Waals surface area contributed by atoms with Gasteiger partial charge in [-0.2, -0.15) is 0 Å². The first-order valence-electron chi connectivity index (χ1n) is 4.46. The van der Waals surface area contributed by atoms with Crippen LogP contribution in [0.3, 0.4) is 0 Å². The molecule has 0 aliphatic carbocycles. The molecule has 4 nitrogen and oxygen atoms in total. The van der Waals surface area contributed by atoms with Gasteiger partial charge in [0.05, 0.1) is 0 Å². The van der Waals surface area contributed by atoms with E-state index in [4.69, 9.17) is 0 Å². The highest BCUT2D eigenvalue weighted by molar-refractivity contribution is 14.1. The normalized spacial score (nSPS) is 12.9. The van der Waals surface area contributed by atoms with Crippen molar-refractivity contribution in [3.05, 3.63) is 16.0 Å². The van der Waals surface area contributed by atoms with E-state index in [0.717, 1.165) is 10.1 Å². The topological polar surface area (TPSA) is 41.0 Å². The number of hydrogen-bond acceptors (Lipinski definition) is 4. The van der Waals surface area contributed by atoms with E-state index in [-0.39, 0.29) is 0 Å². The second-order valence-corrected chi connectivity index (χ2v) is 4.78. The molecule has 0 saturated heterocycles. The summed E-state index contributed by atoms with van der Waals surface area (Å²) >= 11 is 2.19. The minimum atomic E-state index is 0.352. The Kier molecular flexibility index (Phi) is 4.53. The number of halogens is 1. The Morgan fingerprint density at radius 1 is 1.43 bits per heavy atom. The second-order valence-electron chi connectivity index (χ2n) is 3.53. The summed E-state index contributed by atoms with van der Waals surface area (Å²) in [5.41, 5.74) is 0. The summed E-state index contributed by atoms with van der Waals surface area (Å²) in [7, 11) is 4.10. The van der Waals surface area contributed by atoms with Crippen LogP contribution >= 0.6 is 22.6 Å². The number of anilines is 1. The molecule has 1 heterocycles. The van der Waals surface area contributed by atoms with Crippen LogP contribution in [0.4, 0.5) is 5.95 Å². The first kappa shape index (κ1) is 11.6. The van der Waals surface area contributed by atoms with Gasteiger partial charge in [0.25, 0.3) is 0 Å². The average molecular weight is 306 g/mol. The van der Waals surface area contributed by atoms with Crippen molar-refractivity contribution in [2.75, 3.05) is 26.0 Å². The molecule has 1 aromatic rings. The molecule has 78 valence electrons. The van der Waals surface area contributed by atoms with Gasteiger partial charge in [0.2, 0.25) is 5.95 Å². The van der Waals surface area contributed by atoms with E-state index in [9.17, 15) is 0 Å². The predicted octanol–water partition coefficient (Wildman–Crippen LogP) is 1.44. The van der Waals surface area contributed by atoms with Crippen LogP contribution in [0, 0.1) is 3.57 Å². The number of hydrogen-bond donors (Lipinski definition) is 1. The van der Waals surface area contributed by atoms with Crippen LogP contribution in [0.25, 0.3) is 0 Å². The maximum atomic E-state index is 4.18. The molecule has 1 rings (SSSR count).